The highest BCUT2D eigenvalue weighted by molar-refractivity contribution is 7.04. The molecule has 0 saturated carbocycles. The first kappa shape index (κ1) is 73.7. The maximum absolute atomic E-state index is 7.26. The fraction of sp³-hybridized carbons (Fsp3) is 0.0769. The normalized spacial score (nSPS) is 13.6. The van der Waals surface area contributed by atoms with Crippen LogP contribution < -0.4 is 79.0 Å². The van der Waals surface area contributed by atoms with Crippen molar-refractivity contribution in [2.24, 2.45) is 0 Å². The number of rotatable bonds is 8. The lowest BCUT2D eigenvalue weighted by Crippen LogP contribution is -2.66. The first-order valence-corrected chi connectivity index (χ1v) is 45.1. The van der Waals surface area contributed by atoms with Crippen molar-refractivity contribution < 1.29 is 13.3 Å². The van der Waals surface area contributed by atoms with Crippen LogP contribution in [0.4, 0.5) is 96.7 Å². The van der Waals surface area contributed by atoms with Crippen LogP contribution in [0.3, 0.4) is 0 Å². The Morgan fingerprint density at radius 1 is 0.217 bits per heavy atom. The number of para-hydroxylation sites is 10. The molecule has 9 heterocycles. The summed E-state index contributed by atoms with van der Waals surface area (Å²) in [4.78, 5) is 13.2. The van der Waals surface area contributed by atoms with Gasteiger partial charge in [0.1, 0.15) is 33.5 Å². The highest BCUT2D eigenvalue weighted by Crippen LogP contribution is 2.56. The minimum Gasteiger partial charge on any atom is -0.455 e. The van der Waals surface area contributed by atoms with Gasteiger partial charge in [-0.05, 0) is 265 Å². The van der Waals surface area contributed by atoms with Crippen molar-refractivity contribution in [3.05, 3.63) is 384 Å². The standard InChI is InChI=1S/C117H83B3N6O3/c1-65-49-68(4)112(69(5)50-65)124-98-63-94-90(118-88-42-19-21-44-96(88)122(77-29-12-10-13-30-77)101-56-74(55-95(121-94)109(101)118)79-36-26-39-85-82-33-16-23-46-106(82)127-115(79)85)61-91(98)120-93-62-92-99(64-100(93)126(114-72(8)53-67(3)54-73(114)9)105-60-76(59-104(124)111(105)120)81-38-28-41-87-84-35-18-25-48-108(84)129-117(81)87)125(113-70(6)51-66(2)52-71(113)7)103-58-75(80-37-27-40-86-83-34-17-24-47-107(83)128-116(80)86)57-102-110(103)119(92)89-43-20-22-45-97(89)123(102)78-31-14-11-15-32-78/h10-64,121H,1-9H3. The Labute approximate surface area is 749 Å². The van der Waals surface area contributed by atoms with Gasteiger partial charge < -0.3 is 43.1 Å². The molecule has 27 rings (SSSR count). The lowest BCUT2D eigenvalue weighted by molar-refractivity contribution is 0.669. The maximum atomic E-state index is 7.26. The Morgan fingerprint density at radius 2 is 0.527 bits per heavy atom. The molecular formula is C117H83B3N6O3. The van der Waals surface area contributed by atoms with E-state index >= 15 is 0 Å². The molecule has 9 nitrogen and oxygen atoms in total. The summed E-state index contributed by atoms with van der Waals surface area (Å²) < 4.78 is 21.4. The Kier molecular flexibility index (Phi) is 15.5. The first-order chi connectivity index (χ1) is 63.2. The highest BCUT2D eigenvalue weighted by Gasteiger charge is 2.52. The molecule has 0 amide bonds. The van der Waals surface area contributed by atoms with Gasteiger partial charge in [0.2, 0.25) is 0 Å². The van der Waals surface area contributed by atoms with Crippen molar-refractivity contribution in [3.63, 3.8) is 0 Å². The molecule has 6 aliphatic rings. The number of fused-ring (bicyclic) bond motifs is 21. The van der Waals surface area contributed by atoms with E-state index in [1.54, 1.807) is 0 Å². The molecule has 608 valence electrons. The van der Waals surface area contributed by atoms with Gasteiger partial charge in [-0.15, -0.1) is 0 Å². The predicted molar refractivity (Wildman–Crippen MR) is 544 cm³/mol. The molecule has 0 atom stereocenters. The fourth-order valence-electron chi connectivity index (χ4n) is 24.2. The van der Waals surface area contributed by atoms with Crippen LogP contribution >= 0.6 is 0 Å². The molecule has 6 aliphatic heterocycles. The lowest BCUT2D eigenvalue weighted by atomic mass is 9.29. The number of anilines is 17. The van der Waals surface area contributed by atoms with Crippen molar-refractivity contribution in [3.8, 4) is 33.4 Å². The topological polar surface area (TPSA) is 67.6 Å². The minimum absolute atomic E-state index is 0.229. The van der Waals surface area contributed by atoms with Gasteiger partial charge in [0.15, 0.2) is 0 Å². The van der Waals surface area contributed by atoms with Crippen molar-refractivity contribution in [2.75, 3.05) is 29.8 Å². The molecule has 1 N–H and O–H groups in total. The number of nitrogens with one attached hydrogen (secondary N) is 1. The summed E-state index contributed by atoms with van der Waals surface area (Å²) in [7, 11) is 0. The van der Waals surface area contributed by atoms with Gasteiger partial charge in [0.05, 0.1) is 17.1 Å². The Balaban J connectivity index is 0.791. The zero-order chi connectivity index (χ0) is 85.9. The summed E-state index contributed by atoms with van der Waals surface area (Å²) in [6, 6.07) is 126. The van der Waals surface area contributed by atoms with Gasteiger partial charge in [-0.3, -0.25) is 0 Å². The molecule has 0 unspecified atom stereocenters. The Hall–Kier alpha value is -15.6. The second kappa shape index (κ2) is 27.2. The third-order valence-corrected chi connectivity index (χ3v) is 28.8. The third kappa shape index (κ3) is 10.5. The monoisotopic (exact) mass is 1650 g/mol. The third-order valence-electron chi connectivity index (χ3n) is 28.8. The molecule has 0 spiro atoms. The molecule has 0 bridgehead atoms. The van der Waals surface area contributed by atoms with Crippen LogP contribution in [-0.4, -0.2) is 20.1 Å². The van der Waals surface area contributed by atoms with Crippen LogP contribution in [0.25, 0.3) is 99.2 Å². The lowest BCUT2D eigenvalue weighted by Gasteiger charge is -2.48. The van der Waals surface area contributed by atoms with E-state index in [1.165, 1.54) is 99.2 Å². The van der Waals surface area contributed by atoms with E-state index in [-0.39, 0.29) is 20.1 Å². The summed E-state index contributed by atoms with van der Waals surface area (Å²) in [6.07, 6.45) is 0. The molecule has 18 aromatic carbocycles. The largest absolute Gasteiger partial charge is 0.455 e. The summed E-state index contributed by atoms with van der Waals surface area (Å²) >= 11 is 0. The van der Waals surface area contributed by atoms with Crippen LogP contribution in [0.2, 0.25) is 0 Å². The van der Waals surface area contributed by atoms with Gasteiger partial charge in [-0.1, -0.05) is 247 Å². The average molecular weight is 1650 g/mol. The van der Waals surface area contributed by atoms with E-state index in [0.29, 0.717) is 0 Å². The van der Waals surface area contributed by atoms with Crippen molar-refractivity contribution in [1.29, 1.82) is 0 Å². The molecular weight excluding hydrogens is 1570 g/mol. The maximum Gasteiger partial charge on any atom is 0.252 e. The highest BCUT2D eigenvalue weighted by atomic mass is 16.3. The minimum atomic E-state index is -0.382. The van der Waals surface area contributed by atoms with E-state index in [1.807, 2.05) is 0 Å². The Morgan fingerprint density at radius 3 is 0.930 bits per heavy atom. The van der Waals surface area contributed by atoms with Crippen LogP contribution in [0, 0.1) is 62.3 Å². The molecule has 0 aliphatic carbocycles. The average Bonchev–Trinajstić information content (AvgIpc) is 1.56. The quantitative estimate of drug-likeness (QED) is 0.150. The first-order valence-electron chi connectivity index (χ1n) is 45.1. The number of aryl methyl sites for hydroxylation is 9. The molecule has 21 aromatic rings. The second-order valence-corrected chi connectivity index (χ2v) is 36.8. The molecule has 129 heavy (non-hydrogen) atoms. The van der Waals surface area contributed by atoms with Crippen molar-refractivity contribution in [1.82, 2.24) is 0 Å². The second-order valence-electron chi connectivity index (χ2n) is 36.8. The predicted octanol–water partition coefficient (Wildman–Crippen LogP) is 25.7. The number of furan rings is 3. The van der Waals surface area contributed by atoms with Crippen LogP contribution in [0.1, 0.15) is 50.1 Å². The molecule has 0 fully saturated rings. The zero-order valence-electron chi connectivity index (χ0n) is 72.9. The van der Waals surface area contributed by atoms with Crippen LogP contribution in [0.5, 0.6) is 0 Å². The van der Waals surface area contributed by atoms with E-state index in [4.69, 9.17) is 13.3 Å². The van der Waals surface area contributed by atoms with E-state index < -0.39 is 0 Å². The summed E-state index contributed by atoms with van der Waals surface area (Å²) in [5.41, 5.74) is 52.1. The van der Waals surface area contributed by atoms with Crippen LogP contribution in [0.15, 0.2) is 347 Å². The SMILES string of the molecule is Cc1cc(C)c(N2c3cc4c(cc3B3c5ccccc5N(c5ccccc5)c5cc(-c6cccc7c6oc6ccccc67)cc2c53)B2c3cc5c(cc3N(c3c(C)cc(C)cc3C)c3cc(-c6cccc7c6oc6ccccc67)cc(c32)N4c2c(C)cc(C)cc2C)Nc2cc(-c3cccc4c3oc3ccccc34)cc3c2B5c2ccccc2N3c2ccccc2)c(C)c1. The molecule has 3 aromatic heterocycles. The van der Waals surface area contributed by atoms with Gasteiger partial charge in [0, 0.05) is 129 Å². The number of nitrogens with zero attached hydrogens (tertiary/aromatic N) is 5. The fourth-order valence-corrected chi connectivity index (χ4v) is 24.2. The van der Waals surface area contributed by atoms with Crippen molar-refractivity contribution >= 4 is 232 Å². The number of hydrogen-bond donors (Lipinski definition) is 1. The summed E-state index contributed by atoms with van der Waals surface area (Å²) in [6.45, 7) is 19.8. The molecule has 0 saturated heterocycles. The van der Waals surface area contributed by atoms with Gasteiger partial charge in [-0.2, -0.15) is 0 Å². The van der Waals surface area contributed by atoms with Gasteiger partial charge in [0.25, 0.3) is 20.1 Å². The van der Waals surface area contributed by atoms with E-state index in [2.05, 4.69) is 426 Å². The van der Waals surface area contributed by atoms with E-state index in [9.17, 15) is 0 Å². The Bertz CT molecular complexity index is 8490. The van der Waals surface area contributed by atoms with Crippen molar-refractivity contribution in [2.45, 2.75) is 62.3 Å². The molecule has 0 radical (unpaired) electrons. The zero-order valence-corrected chi connectivity index (χ0v) is 72.9. The van der Waals surface area contributed by atoms with Gasteiger partial charge >= 0.3 is 0 Å². The number of benzene rings is 18. The smallest absolute Gasteiger partial charge is 0.252 e. The van der Waals surface area contributed by atoms with E-state index in [0.717, 1.165) is 196 Å². The summed E-state index contributed by atoms with van der Waals surface area (Å²) in [5.74, 6) is 0. The number of hydrogen-bond acceptors (Lipinski definition) is 9. The molecule has 12 heteroatoms. The van der Waals surface area contributed by atoms with Gasteiger partial charge in [-0.25, -0.2) is 0 Å². The van der Waals surface area contributed by atoms with Crippen LogP contribution in [-0.2, 0) is 0 Å². The summed E-state index contributed by atoms with van der Waals surface area (Å²) in [5, 5.41) is 10.9.